The molecule has 2 N–H and O–H groups in total. The van der Waals surface area contributed by atoms with E-state index in [4.69, 9.17) is 0 Å². The molecule has 1 rings (SSSR count). The molecule has 0 aliphatic heterocycles. The van der Waals surface area contributed by atoms with Crippen LogP contribution in [0.5, 0.6) is 0 Å². The Bertz CT molecular complexity index is 640. The monoisotopic (exact) mass is 388 g/mol. The zero-order chi connectivity index (χ0) is 21.1. The van der Waals surface area contributed by atoms with Gasteiger partial charge in [-0.1, -0.05) is 33.8 Å². The molecule has 6 nitrogen and oxygen atoms in total. The number of hydrogen-bond acceptors (Lipinski definition) is 4. The first-order valence-electron chi connectivity index (χ1n) is 9.94. The Morgan fingerprint density at radius 3 is 1.50 bits per heavy atom. The molecule has 0 radical (unpaired) electrons. The number of rotatable bonds is 12. The Hall–Kier alpha value is -2.50. The van der Waals surface area contributed by atoms with Crippen LogP contribution in [0, 0.1) is 11.8 Å². The van der Waals surface area contributed by atoms with Crippen molar-refractivity contribution in [3.8, 4) is 0 Å². The van der Waals surface area contributed by atoms with Crippen molar-refractivity contribution in [1.29, 1.82) is 0 Å². The van der Waals surface area contributed by atoms with Crippen LogP contribution in [0.4, 0.5) is 0 Å². The molecule has 28 heavy (non-hydrogen) atoms. The zero-order valence-corrected chi connectivity index (χ0v) is 17.3. The van der Waals surface area contributed by atoms with Crippen molar-refractivity contribution < 1.29 is 19.2 Å². The van der Waals surface area contributed by atoms with Gasteiger partial charge in [-0.25, -0.2) is 0 Å². The maximum Gasteiger partial charge on any atom is 0.251 e. The first-order valence-corrected chi connectivity index (χ1v) is 9.94. The van der Waals surface area contributed by atoms with Crippen LogP contribution >= 0.6 is 0 Å². The van der Waals surface area contributed by atoms with Crippen LogP contribution in [0.3, 0.4) is 0 Å². The molecule has 1 aromatic carbocycles. The molecule has 6 heteroatoms. The van der Waals surface area contributed by atoms with Crippen LogP contribution in [-0.4, -0.2) is 36.5 Å². The smallest absolute Gasteiger partial charge is 0.251 e. The van der Waals surface area contributed by atoms with Crippen LogP contribution in [0.1, 0.15) is 74.1 Å². The first-order chi connectivity index (χ1) is 13.2. The topological polar surface area (TPSA) is 92.3 Å². The standard InChI is InChI=1S/C22H32N2O4/c1-15(2)19(25)10-6-12-23-21(27)17-8-5-9-18(14-17)22(28)24-13-7-11-20(26)16(3)4/h5,8-9,14-16H,6-7,10-13H2,1-4H3,(H,23,27)(H,24,28). The van der Waals surface area contributed by atoms with E-state index in [0.717, 1.165) is 0 Å². The number of ketones is 2. The fourth-order valence-electron chi connectivity index (χ4n) is 2.51. The lowest BCUT2D eigenvalue weighted by Crippen LogP contribution is -2.27. The third kappa shape index (κ3) is 8.46. The number of hydrogen-bond donors (Lipinski definition) is 2. The minimum absolute atomic E-state index is 0.00869. The lowest BCUT2D eigenvalue weighted by molar-refractivity contribution is -0.122. The number of Topliss-reactive ketones (excluding diaryl/α,β-unsaturated/α-hetero) is 2. The van der Waals surface area contributed by atoms with Crippen molar-refractivity contribution in [2.24, 2.45) is 11.8 Å². The van der Waals surface area contributed by atoms with E-state index < -0.39 is 0 Å². The summed E-state index contributed by atoms with van der Waals surface area (Å²) < 4.78 is 0. The minimum Gasteiger partial charge on any atom is -0.352 e. The fourth-order valence-corrected chi connectivity index (χ4v) is 2.51. The van der Waals surface area contributed by atoms with E-state index in [2.05, 4.69) is 10.6 Å². The largest absolute Gasteiger partial charge is 0.352 e. The van der Waals surface area contributed by atoms with Crippen LogP contribution < -0.4 is 10.6 Å². The highest BCUT2D eigenvalue weighted by Gasteiger charge is 2.12. The Morgan fingerprint density at radius 1 is 0.750 bits per heavy atom. The molecule has 154 valence electrons. The summed E-state index contributed by atoms with van der Waals surface area (Å²) in [6, 6.07) is 6.50. The Kier molecular flexibility index (Phi) is 10.1. The van der Waals surface area contributed by atoms with Gasteiger partial charge in [0.15, 0.2) is 0 Å². The van der Waals surface area contributed by atoms with E-state index in [1.54, 1.807) is 24.3 Å². The molecule has 0 spiro atoms. The highest BCUT2D eigenvalue weighted by atomic mass is 16.2. The number of benzene rings is 1. The van der Waals surface area contributed by atoms with E-state index in [0.29, 0.717) is 49.9 Å². The van der Waals surface area contributed by atoms with Gasteiger partial charge in [0.1, 0.15) is 11.6 Å². The maximum absolute atomic E-state index is 12.2. The van der Waals surface area contributed by atoms with Gasteiger partial charge in [0, 0.05) is 48.9 Å². The summed E-state index contributed by atoms with van der Waals surface area (Å²) in [6.07, 6.45) is 2.08. The van der Waals surface area contributed by atoms with Gasteiger partial charge >= 0.3 is 0 Å². The van der Waals surface area contributed by atoms with Crippen molar-refractivity contribution in [3.63, 3.8) is 0 Å². The first kappa shape index (κ1) is 23.5. The minimum atomic E-state index is -0.269. The summed E-state index contributed by atoms with van der Waals surface area (Å²) in [4.78, 5) is 47.6. The molecule has 0 aliphatic rings. The second kappa shape index (κ2) is 12.1. The molecular weight excluding hydrogens is 356 g/mol. The average Bonchev–Trinajstić information content (AvgIpc) is 2.67. The Labute approximate surface area is 167 Å². The van der Waals surface area contributed by atoms with Gasteiger partial charge < -0.3 is 10.6 Å². The van der Waals surface area contributed by atoms with Gasteiger partial charge in [-0.3, -0.25) is 19.2 Å². The summed E-state index contributed by atoms with van der Waals surface area (Å²) in [7, 11) is 0. The molecule has 0 unspecified atom stereocenters. The molecule has 0 aromatic heterocycles. The molecule has 0 heterocycles. The third-order valence-electron chi connectivity index (χ3n) is 4.45. The summed E-state index contributed by atoms with van der Waals surface area (Å²) in [5.74, 6) is -0.154. The van der Waals surface area contributed by atoms with Crippen molar-refractivity contribution in [3.05, 3.63) is 35.4 Å². The van der Waals surface area contributed by atoms with Gasteiger partial charge in [-0.05, 0) is 31.0 Å². The van der Waals surface area contributed by atoms with Crippen molar-refractivity contribution in [2.75, 3.05) is 13.1 Å². The maximum atomic E-state index is 12.2. The molecule has 0 saturated carbocycles. The molecule has 1 aromatic rings. The fraction of sp³-hybridized carbons (Fsp3) is 0.545. The Morgan fingerprint density at radius 2 is 1.14 bits per heavy atom. The van der Waals surface area contributed by atoms with Crippen LogP contribution in [0.15, 0.2) is 24.3 Å². The van der Waals surface area contributed by atoms with Gasteiger partial charge in [-0.15, -0.1) is 0 Å². The van der Waals surface area contributed by atoms with Gasteiger partial charge in [0.2, 0.25) is 0 Å². The molecule has 0 aliphatic carbocycles. The van der Waals surface area contributed by atoms with Crippen molar-refractivity contribution in [2.45, 2.75) is 53.4 Å². The van der Waals surface area contributed by atoms with E-state index >= 15 is 0 Å². The predicted octanol–water partition coefficient (Wildman–Crippen LogP) is 3.16. The predicted molar refractivity (Wildman–Crippen MR) is 109 cm³/mol. The summed E-state index contributed by atoms with van der Waals surface area (Å²) in [6.45, 7) is 8.27. The Balaban J connectivity index is 2.45. The molecule has 0 fully saturated rings. The normalized spacial score (nSPS) is 10.8. The van der Waals surface area contributed by atoms with E-state index in [9.17, 15) is 19.2 Å². The molecule has 2 amide bonds. The third-order valence-corrected chi connectivity index (χ3v) is 4.45. The summed E-state index contributed by atoms with van der Waals surface area (Å²) in [5, 5.41) is 5.55. The van der Waals surface area contributed by atoms with E-state index in [1.807, 2.05) is 27.7 Å². The second-order valence-electron chi connectivity index (χ2n) is 7.54. The molecule has 0 bridgehead atoms. The van der Waals surface area contributed by atoms with Gasteiger partial charge in [0.25, 0.3) is 11.8 Å². The quantitative estimate of drug-likeness (QED) is 0.538. The van der Waals surface area contributed by atoms with Crippen molar-refractivity contribution in [1.82, 2.24) is 10.6 Å². The SMILES string of the molecule is CC(C)C(=O)CCCNC(=O)c1cccc(C(=O)NCCCC(=O)C(C)C)c1. The van der Waals surface area contributed by atoms with Crippen LogP contribution in [0.2, 0.25) is 0 Å². The number of carbonyl (C=O) groups is 4. The number of nitrogens with one attached hydrogen (secondary N) is 2. The molecule has 0 saturated heterocycles. The number of carbonyl (C=O) groups excluding carboxylic acids is 4. The zero-order valence-electron chi connectivity index (χ0n) is 17.3. The summed E-state index contributed by atoms with van der Waals surface area (Å²) >= 11 is 0. The second-order valence-corrected chi connectivity index (χ2v) is 7.54. The average molecular weight is 389 g/mol. The lowest BCUT2D eigenvalue weighted by atomic mass is 10.0. The lowest BCUT2D eigenvalue weighted by Gasteiger charge is -2.09. The highest BCUT2D eigenvalue weighted by Crippen LogP contribution is 2.07. The highest BCUT2D eigenvalue weighted by molar-refractivity contribution is 5.99. The van der Waals surface area contributed by atoms with Gasteiger partial charge in [-0.2, -0.15) is 0 Å². The van der Waals surface area contributed by atoms with Crippen LogP contribution in [-0.2, 0) is 9.59 Å². The van der Waals surface area contributed by atoms with Crippen molar-refractivity contribution >= 4 is 23.4 Å². The van der Waals surface area contributed by atoms with Crippen LogP contribution in [0.25, 0.3) is 0 Å². The van der Waals surface area contributed by atoms with Gasteiger partial charge in [0.05, 0.1) is 0 Å². The van der Waals surface area contributed by atoms with E-state index in [-0.39, 0.29) is 35.2 Å². The summed E-state index contributed by atoms with van der Waals surface area (Å²) in [5.41, 5.74) is 0.802. The molecular formula is C22H32N2O4. The van der Waals surface area contributed by atoms with E-state index in [1.165, 1.54) is 0 Å². The molecule has 0 atom stereocenters. The number of amides is 2.